The Morgan fingerprint density at radius 3 is 2.71 bits per heavy atom. The third-order valence-electron chi connectivity index (χ3n) is 2.72. The number of ether oxygens (including phenoxy) is 1. The van der Waals surface area contributed by atoms with E-state index in [-0.39, 0.29) is 22.5 Å². The number of carbonyl (C=O) groups excluding carboxylic acids is 1. The predicted octanol–water partition coefficient (Wildman–Crippen LogP) is 2.63. The van der Waals surface area contributed by atoms with Gasteiger partial charge in [-0.05, 0) is 35.5 Å². The number of nitrogens with one attached hydrogen (secondary N) is 1. The van der Waals surface area contributed by atoms with Crippen LogP contribution in [-0.2, 0) is 11.2 Å². The fraction of sp³-hybridized carbons (Fsp3) is 0.231. The summed E-state index contributed by atoms with van der Waals surface area (Å²) in [6.45, 7) is 0. The fourth-order valence-electron chi connectivity index (χ4n) is 1.64. The second-order valence-electron chi connectivity index (χ2n) is 4.16. The Bertz CT molecular complexity index is 639. The number of hydrogen-bond donors (Lipinski definition) is 1. The molecule has 1 aromatic carbocycles. The van der Waals surface area contributed by atoms with Crippen LogP contribution in [0.2, 0.25) is 0 Å². The zero-order chi connectivity index (χ0) is 15.2. The number of aromatic nitrogens is 1. The molecule has 2 aromatic rings. The van der Waals surface area contributed by atoms with Crippen LogP contribution < -0.4 is 10.1 Å². The second kappa shape index (κ2) is 6.80. The summed E-state index contributed by atoms with van der Waals surface area (Å²) in [4.78, 5) is 25.5. The number of nitrogens with zero attached hydrogens (tertiary/aromatic N) is 2. The Morgan fingerprint density at radius 2 is 2.14 bits per heavy atom. The van der Waals surface area contributed by atoms with E-state index in [0.29, 0.717) is 6.42 Å². The van der Waals surface area contributed by atoms with Crippen molar-refractivity contribution in [1.29, 1.82) is 0 Å². The number of carbonyl (C=O) groups is 1. The number of rotatable bonds is 6. The van der Waals surface area contributed by atoms with Gasteiger partial charge < -0.3 is 10.1 Å². The van der Waals surface area contributed by atoms with Gasteiger partial charge in [-0.1, -0.05) is 12.1 Å². The molecule has 0 aliphatic heterocycles. The van der Waals surface area contributed by atoms with Gasteiger partial charge in [-0.15, -0.1) is 0 Å². The zero-order valence-electron chi connectivity index (χ0n) is 11.2. The van der Waals surface area contributed by atoms with E-state index >= 15 is 0 Å². The predicted molar refractivity (Wildman–Crippen MR) is 78.7 cm³/mol. The van der Waals surface area contributed by atoms with Crippen molar-refractivity contribution in [1.82, 2.24) is 4.98 Å². The Balaban J connectivity index is 1.84. The number of benzene rings is 1. The quantitative estimate of drug-likeness (QED) is 0.654. The molecule has 8 heteroatoms. The van der Waals surface area contributed by atoms with Crippen LogP contribution in [0.3, 0.4) is 0 Å². The molecule has 1 heterocycles. The minimum atomic E-state index is -0.537. The van der Waals surface area contributed by atoms with E-state index in [1.807, 2.05) is 24.3 Å². The molecule has 0 fully saturated rings. The largest absolute Gasteiger partial charge is 0.497 e. The molecule has 1 N–H and O–H groups in total. The van der Waals surface area contributed by atoms with E-state index in [0.717, 1.165) is 28.8 Å². The van der Waals surface area contributed by atoms with Gasteiger partial charge in [-0.3, -0.25) is 14.9 Å². The van der Waals surface area contributed by atoms with Gasteiger partial charge in [-0.2, -0.15) is 0 Å². The van der Waals surface area contributed by atoms with Gasteiger partial charge in [0.2, 0.25) is 5.91 Å². The molecule has 21 heavy (non-hydrogen) atoms. The smallest absolute Gasteiger partial charge is 0.345 e. The van der Waals surface area contributed by atoms with Crippen molar-refractivity contribution < 1.29 is 14.5 Å². The maximum Gasteiger partial charge on any atom is 0.345 e. The SMILES string of the molecule is COc1ccc(CCC(=O)Nc2ncc([N+](=O)[O-])s2)cc1. The lowest BCUT2D eigenvalue weighted by atomic mass is 10.1. The first kappa shape index (κ1) is 14.9. The minimum Gasteiger partial charge on any atom is -0.497 e. The van der Waals surface area contributed by atoms with E-state index < -0.39 is 4.92 Å². The molecule has 0 unspecified atom stereocenters. The van der Waals surface area contributed by atoms with Crippen LogP contribution in [0.4, 0.5) is 10.1 Å². The molecule has 0 saturated heterocycles. The molecule has 0 atom stereocenters. The first-order valence-electron chi connectivity index (χ1n) is 6.11. The van der Waals surface area contributed by atoms with Crippen LogP contribution in [0.5, 0.6) is 5.75 Å². The number of thiazole rings is 1. The fourth-order valence-corrected chi connectivity index (χ4v) is 2.29. The van der Waals surface area contributed by atoms with Crippen molar-refractivity contribution in [3.63, 3.8) is 0 Å². The molecule has 0 saturated carbocycles. The molecule has 0 aliphatic carbocycles. The summed E-state index contributed by atoms with van der Waals surface area (Å²) in [7, 11) is 1.59. The third kappa shape index (κ3) is 4.25. The maximum atomic E-state index is 11.7. The van der Waals surface area contributed by atoms with Crippen LogP contribution in [-0.4, -0.2) is 22.9 Å². The van der Waals surface area contributed by atoms with Crippen molar-refractivity contribution in [2.45, 2.75) is 12.8 Å². The topological polar surface area (TPSA) is 94.4 Å². The van der Waals surface area contributed by atoms with Crippen molar-refractivity contribution in [3.05, 3.63) is 46.1 Å². The van der Waals surface area contributed by atoms with Crippen molar-refractivity contribution in [2.24, 2.45) is 0 Å². The molecule has 0 aliphatic rings. The summed E-state index contributed by atoms with van der Waals surface area (Å²) < 4.78 is 5.05. The summed E-state index contributed by atoms with van der Waals surface area (Å²) in [6.07, 6.45) is 1.98. The number of aryl methyl sites for hydroxylation is 1. The monoisotopic (exact) mass is 307 g/mol. The number of nitro groups is 1. The Hall–Kier alpha value is -2.48. The van der Waals surface area contributed by atoms with Crippen LogP contribution in [0.1, 0.15) is 12.0 Å². The Morgan fingerprint density at radius 1 is 1.43 bits per heavy atom. The summed E-state index contributed by atoms with van der Waals surface area (Å²) in [5.74, 6) is 0.536. The average Bonchev–Trinajstić information content (AvgIpc) is 2.94. The highest BCUT2D eigenvalue weighted by atomic mass is 32.1. The number of hydrogen-bond acceptors (Lipinski definition) is 6. The average molecular weight is 307 g/mol. The molecular weight excluding hydrogens is 294 g/mol. The summed E-state index contributed by atoms with van der Waals surface area (Å²) in [5, 5.41) is 13.2. The molecular formula is C13H13N3O4S. The summed E-state index contributed by atoms with van der Waals surface area (Å²) >= 11 is 0.837. The molecule has 0 radical (unpaired) electrons. The summed E-state index contributed by atoms with van der Waals surface area (Å²) in [5.41, 5.74) is 1.01. The van der Waals surface area contributed by atoms with Gasteiger partial charge in [0.05, 0.1) is 12.0 Å². The first-order chi connectivity index (χ1) is 10.1. The van der Waals surface area contributed by atoms with E-state index in [9.17, 15) is 14.9 Å². The van der Waals surface area contributed by atoms with E-state index in [1.54, 1.807) is 7.11 Å². The summed E-state index contributed by atoms with van der Waals surface area (Å²) in [6, 6.07) is 7.44. The van der Waals surface area contributed by atoms with E-state index in [4.69, 9.17) is 4.74 Å². The Labute approximate surface area is 124 Å². The molecule has 0 bridgehead atoms. The molecule has 0 spiro atoms. The highest BCUT2D eigenvalue weighted by Crippen LogP contribution is 2.25. The lowest BCUT2D eigenvalue weighted by Crippen LogP contribution is -2.11. The third-order valence-corrected chi connectivity index (χ3v) is 3.58. The highest BCUT2D eigenvalue weighted by Gasteiger charge is 2.13. The van der Waals surface area contributed by atoms with Gasteiger partial charge in [0.1, 0.15) is 11.9 Å². The standard InChI is InChI=1S/C13H13N3O4S/c1-20-10-5-2-9(3-6-10)4-7-11(17)15-13-14-8-12(21-13)16(18)19/h2-3,5-6,8H,4,7H2,1H3,(H,14,15,17). The molecule has 2 rings (SSSR count). The second-order valence-corrected chi connectivity index (χ2v) is 5.17. The van der Waals surface area contributed by atoms with Crippen LogP contribution in [0.25, 0.3) is 0 Å². The first-order valence-corrected chi connectivity index (χ1v) is 6.93. The lowest BCUT2D eigenvalue weighted by Gasteiger charge is -2.03. The number of amides is 1. The van der Waals surface area contributed by atoms with Crippen molar-refractivity contribution >= 4 is 27.4 Å². The van der Waals surface area contributed by atoms with E-state index in [2.05, 4.69) is 10.3 Å². The minimum absolute atomic E-state index is 0.0968. The molecule has 7 nitrogen and oxygen atoms in total. The molecule has 110 valence electrons. The van der Waals surface area contributed by atoms with Gasteiger partial charge in [0, 0.05) is 6.42 Å². The van der Waals surface area contributed by atoms with Crippen LogP contribution >= 0.6 is 11.3 Å². The Kier molecular flexibility index (Phi) is 4.83. The van der Waals surface area contributed by atoms with Gasteiger partial charge in [-0.25, -0.2) is 4.98 Å². The van der Waals surface area contributed by atoms with Crippen molar-refractivity contribution in [3.8, 4) is 5.75 Å². The molecule has 1 aromatic heterocycles. The van der Waals surface area contributed by atoms with Gasteiger partial charge in [0.15, 0.2) is 5.13 Å². The van der Waals surface area contributed by atoms with Crippen LogP contribution in [0.15, 0.2) is 30.5 Å². The highest BCUT2D eigenvalue weighted by molar-refractivity contribution is 7.18. The van der Waals surface area contributed by atoms with Crippen molar-refractivity contribution in [2.75, 3.05) is 12.4 Å². The van der Waals surface area contributed by atoms with Crippen LogP contribution in [0, 0.1) is 10.1 Å². The van der Waals surface area contributed by atoms with Gasteiger partial charge >= 0.3 is 5.00 Å². The lowest BCUT2D eigenvalue weighted by molar-refractivity contribution is -0.380. The zero-order valence-corrected chi connectivity index (χ0v) is 12.1. The number of anilines is 1. The normalized spacial score (nSPS) is 10.1. The number of methoxy groups -OCH3 is 1. The molecule has 1 amide bonds. The van der Waals surface area contributed by atoms with Gasteiger partial charge in [0.25, 0.3) is 0 Å². The maximum absolute atomic E-state index is 11.7. The van der Waals surface area contributed by atoms with E-state index in [1.165, 1.54) is 0 Å².